The van der Waals surface area contributed by atoms with E-state index in [4.69, 9.17) is 16.3 Å². The number of nitrogens with one attached hydrogen (secondary N) is 1. The van der Waals surface area contributed by atoms with Gasteiger partial charge in [0.15, 0.2) is 0 Å². The summed E-state index contributed by atoms with van der Waals surface area (Å²) in [6, 6.07) is 13.2. The summed E-state index contributed by atoms with van der Waals surface area (Å²) in [6.45, 7) is 0. The maximum Gasteiger partial charge on any atom is 0.227 e. The van der Waals surface area contributed by atoms with Crippen molar-refractivity contribution in [2.45, 2.75) is 12.8 Å². The Kier molecular flexibility index (Phi) is 3.84. The van der Waals surface area contributed by atoms with Gasteiger partial charge in [0.05, 0.1) is 7.11 Å². The average Bonchev–Trinajstić information content (AvgIpc) is 3.33. The summed E-state index contributed by atoms with van der Waals surface area (Å²) in [5, 5.41) is 3.59. The topological polar surface area (TPSA) is 38.3 Å². The molecule has 1 amide bonds. The Morgan fingerprint density at radius 2 is 1.90 bits per heavy atom. The minimum atomic E-state index is 0.113. The molecule has 1 aliphatic rings. The van der Waals surface area contributed by atoms with Crippen molar-refractivity contribution in [1.29, 1.82) is 0 Å². The zero-order chi connectivity index (χ0) is 14.8. The van der Waals surface area contributed by atoms with Crippen LogP contribution in [0.25, 0.3) is 11.1 Å². The molecule has 1 N–H and O–H groups in total. The summed E-state index contributed by atoms with van der Waals surface area (Å²) >= 11 is 6.24. The number of hydrogen-bond acceptors (Lipinski definition) is 2. The Bertz CT molecular complexity index is 663. The van der Waals surface area contributed by atoms with E-state index in [1.54, 1.807) is 7.11 Å². The minimum absolute atomic E-state index is 0.113. The third-order valence-electron chi connectivity index (χ3n) is 3.59. The number of halogens is 1. The number of benzene rings is 2. The average molecular weight is 302 g/mol. The second kappa shape index (κ2) is 5.78. The van der Waals surface area contributed by atoms with Crippen molar-refractivity contribution in [2.75, 3.05) is 12.4 Å². The van der Waals surface area contributed by atoms with E-state index in [-0.39, 0.29) is 11.8 Å². The lowest BCUT2D eigenvalue weighted by atomic mass is 10.0. The van der Waals surface area contributed by atoms with Gasteiger partial charge in [0.2, 0.25) is 5.91 Å². The van der Waals surface area contributed by atoms with Gasteiger partial charge in [0.25, 0.3) is 0 Å². The molecule has 0 radical (unpaired) electrons. The van der Waals surface area contributed by atoms with Gasteiger partial charge in [-0.3, -0.25) is 4.79 Å². The lowest BCUT2D eigenvalue weighted by Gasteiger charge is -2.09. The van der Waals surface area contributed by atoms with Crippen molar-refractivity contribution in [2.24, 2.45) is 5.92 Å². The first-order valence-corrected chi connectivity index (χ1v) is 7.30. The van der Waals surface area contributed by atoms with Crippen LogP contribution in [0.3, 0.4) is 0 Å². The lowest BCUT2D eigenvalue weighted by molar-refractivity contribution is -0.117. The molecule has 21 heavy (non-hydrogen) atoms. The van der Waals surface area contributed by atoms with Gasteiger partial charge in [-0.25, -0.2) is 0 Å². The Hall–Kier alpha value is -2.00. The van der Waals surface area contributed by atoms with Crippen LogP contribution in [0.5, 0.6) is 5.75 Å². The molecule has 0 saturated heterocycles. The van der Waals surface area contributed by atoms with Crippen LogP contribution < -0.4 is 10.1 Å². The summed E-state index contributed by atoms with van der Waals surface area (Å²) < 4.78 is 5.23. The monoisotopic (exact) mass is 301 g/mol. The predicted octanol–water partition coefficient (Wildman–Crippen LogP) is 4.36. The first kappa shape index (κ1) is 14.0. The smallest absolute Gasteiger partial charge is 0.227 e. The molecule has 2 aromatic carbocycles. The fourth-order valence-corrected chi connectivity index (χ4v) is 2.40. The summed E-state index contributed by atoms with van der Waals surface area (Å²) in [5.74, 6) is 1.08. The molecule has 3 rings (SSSR count). The van der Waals surface area contributed by atoms with Crippen LogP contribution in [0, 0.1) is 5.92 Å². The predicted molar refractivity (Wildman–Crippen MR) is 84.8 cm³/mol. The van der Waals surface area contributed by atoms with E-state index in [1.165, 1.54) is 0 Å². The highest BCUT2D eigenvalue weighted by Gasteiger charge is 2.29. The number of carbonyl (C=O) groups is 1. The molecule has 1 fully saturated rings. The maximum absolute atomic E-state index is 11.7. The van der Waals surface area contributed by atoms with Crippen LogP contribution in [0.1, 0.15) is 12.8 Å². The molecule has 1 aliphatic carbocycles. The molecule has 0 aliphatic heterocycles. The fraction of sp³-hybridized carbons (Fsp3) is 0.235. The summed E-state index contributed by atoms with van der Waals surface area (Å²) in [7, 11) is 1.63. The van der Waals surface area contributed by atoms with Gasteiger partial charge in [-0.15, -0.1) is 0 Å². The molecule has 2 aromatic rings. The van der Waals surface area contributed by atoms with E-state index in [0.717, 1.165) is 35.4 Å². The van der Waals surface area contributed by atoms with Crippen LogP contribution in [-0.2, 0) is 4.79 Å². The Morgan fingerprint density at radius 3 is 2.52 bits per heavy atom. The van der Waals surface area contributed by atoms with Gasteiger partial charge in [-0.05, 0) is 48.7 Å². The van der Waals surface area contributed by atoms with Crippen molar-refractivity contribution in [1.82, 2.24) is 0 Å². The zero-order valence-electron chi connectivity index (χ0n) is 11.7. The number of ether oxygens (including phenoxy) is 1. The van der Waals surface area contributed by atoms with Crippen molar-refractivity contribution in [3.63, 3.8) is 0 Å². The van der Waals surface area contributed by atoms with Crippen molar-refractivity contribution in [3.05, 3.63) is 47.5 Å². The Balaban J connectivity index is 1.81. The number of anilines is 1. The summed E-state index contributed by atoms with van der Waals surface area (Å²) in [4.78, 5) is 11.7. The molecule has 4 heteroatoms. The highest BCUT2D eigenvalue weighted by molar-refractivity contribution is 6.33. The Morgan fingerprint density at radius 1 is 1.19 bits per heavy atom. The van der Waals surface area contributed by atoms with Gasteiger partial charge in [0, 0.05) is 22.2 Å². The van der Waals surface area contributed by atoms with Gasteiger partial charge in [-0.2, -0.15) is 0 Å². The molecule has 0 bridgehead atoms. The number of rotatable bonds is 4. The highest BCUT2D eigenvalue weighted by atomic mass is 35.5. The summed E-state index contributed by atoms with van der Waals surface area (Å²) in [5.41, 5.74) is 2.72. The third kappa shape index (κ3) is 3.19. The second-order valence-electron chi connectivity index (χ2n) is 5.19. The second-order valence-corrected chi connectivity index (χ2v) is 5.59. The van der Waals surface area contributed by atoms with Crippen molar-refractivity contribution >= 4 is 23.2 Å². The van der Waals surface area contributed by atoms with E-state index < -0.39 is 0 Å². The van der Waals surface area contributed by atoms with Crippen LogP contribution in [0.15, 0.2) is 42.5 Å². The highest BCUT2D eigenvalue weighted by Crippen LogP contribution is 2.33. The molecule has 108 valence electrons. The van der Waals surface area contributed by atoms with Gasteiger partial charge in [0.1, 0.15) is 5.75 Å². The van der Waals surface area contributed by atoms with Crippen LogP contribution in [-0.4, -0.2) is 13.0 Å². The summed E-state index contributed by atoms with van der Waals surface area (Å²) in [6.07, 6.45) is 2.01. The normalized spacial score (nSPS) is 13.8. The molecule has 0 spiro atoms. The molecule has 0 atom stereocenters. The number of carbonyl (C=O) groups excluding carboxylic acids is 1. The van der Waals surface area contributed by atoms with E-state index in [9.17, 15) is 4.79 Å². The molecule has 0 heterocycles. The molecular formula is C17H16ClNO2. The van der Waals surface area contributed by atoms with Crippen molar-refractivity contribution in [3.8, 4) is 16.9 Å². The van der Waals surface area contributed by atoms with E-state index in [1.807, 2.05) is 42.5 Å². The molecule has 1 saturated carbocycles. The third-order valence-corrected chi connectivity index (χ3v) is 3.91. The van der Waals surface area contributed by atoms with Gasteiger partial charge in [-0.1, -0.05) is 23.7 Å². The standard InChI is InChI=1S/C17H16ClNO2/c1-21-14-8-9-16(18)15(10-14)11-4-6-13(7-5-11)19-17(20)12-2-3-12/h4-10,12H,2-3H2,1H3,(H,19,20). The maximum atomic E-state index is 11.7. The zero-order valence-corrected chi connectivity index (χ0v) is 12.5. The molecule has 0 unspecified atom stereocenters. The largest absolute Gasteiger partial charge is 0.497 e. The fourth-order valence-electron chi connectivity index (χ4n) is 2.18. The first-order chi connectivity index (χ1) is 10.2. The van der Waals surface area contributed by atoms with Crippen molar-refractivity contribution < 1.29 is 9.53 Å². The molecule has 0 aromatic heterocycles. The van der Waals surface area contributed by atoms with E-state index in [0.29, 0.717) is 5.02 Å². The van der Waals surface area contributed by atoms with Gasteiger partial charge < -0.3 is 10.1 Å². The SMILES string of the molecule is COc1ccc(Cl)c(-c2ccc(NC(=O)C3CC3)cc2)c1. The minimum Gasteiger partial charge on any atom is -0.497 e. The van der Waals surface area contributed by atoms with Gasteiger partial charge >= 0.3 is 0 Å². The number of hydrogen-bond donors (Lipinski definition) is 1. The van der Waals surface area contributed by atoms with Crippen LogP contribution >= 0.6 is 11.6 Å². The molecule has 3 nitrogen and oxygen atoms in total. The Labute approximate surface area is 128 Å². The van der Waals surface area contributed by atoms with Crippen LogP contribution in [0.2, 0.25) is 5.02 Å². The lowest BCUT2D eigenvalue weighted by Crippen LogP contribution is -2.12. The van der Waals surface area contributed by atoms with E-state index >= 15 is 0 Å². The number of amides is 1. The number of methoxy groups -OCH3 is 1. The van der Waals surface area contributed by atoms with E-state index in [2.05, 4.69) is 5.32 Å². The quantitative estimate of drug-likeness (QED) is 0.911. The first-order valence-electron chi connectivity index (χ1n) is 6.92. The van der Waals surface area contributed by atoms with Crippen LogP contribution in [0.4, 0.5) is 5.69 Å². The molecular weight excluding hydrogens is 286 g/mol.